The van der Waals surface area contributed by atoms with Crippen molar-refractivity contribution in [2.45, 2.75) is 38.5 Å². The number of carbonyl (C=O) groups excluding carboxylic acids is 2. The molecule has 0 saturated heterocycles. The quantitative estimate of drug-likeness (QED) is 0.397. The van der Waals surface area contributed by atoms with Gasteiger partial charge in [0.15, 0.2) is 0 Å². The van der Waals surface area contributed by atoms with Gasteiger partial charge in [-0.1, -0.05) is 61.4 Å². The minimum Gasteiger partial charge on any atom is -0.365 e. The number of para-hydroxylation sites is 1. The number of hydrogen-bond donors (Lipinski definition) is 2. The third-order valence-electron chi connectivity index (χ3n) is 6.18. The van der Waals surface area contributed by atoms with Gasteiger partial charge in [-0.25, -0.2) is 4.98 Å². The molecule has 6 heteroatoms. The lowest BCUT2D eigenvalue weighted by Crippen LogP contribution is -2.18. The Hall–Kier alpha value is -3.51. The lowest BCUT2D eigenvalue weighted by atomic mass is 9.96. The highest BCUT2D eigenvalue weighted by Crippen LogP contribution is 2.37. The summed E-state index contributed by atoms with van der Waals surface area (Å²) in [6, 6.07) is 19.2. The van der Waals surface area contributed by atoms with E-state index in [-0.39, 0.29) is 5.91 Å². The maximum absolute atomic E-state index is 13.6. The Kier molecular flexibility index (Phi) is 5.92. The number of aryl methyl sites for hydroxylation is 1. The topological polar surface area (TPSA) is 85.1 Å². The van der Waals surface area contributed by atoms with Crippen LogP contribution in [0.2, 0.25) is 0 Å². The minimum atomic E-state index is -0.479. The second-order valence-electron chi connectivity index (χ2n) is 8.38. The van der Waals surface area contributed by atoms with E-state index >= 15 is 0 Å². The Morgan fingerprint density at radius 1 is 0.909 bits per heavy atom. The molecule has 0 saturated carbocycles. The number of carbonyl (C=O) groups is 2. The first kappa shape index (κ1) is 21.3. The summed E-state index contributed by atoms with van der Waals surface area (Å²) >= 11 is 1.49. The molecule has 0 bridgehead atoms. The van der Waals surface area contributed by atoms with Crippen LogP contribution in [0.5, 0.6) is 0 Å². The van der Waals surface area contributed by atoms with Crippen molar-refractivity contribution >= 4 is 39.1 Å². The van der Waals surface area contributed by atoms with Gasteiger partial charge in [0.25, 0.3) is 11.8 Å². The molecular formula is C27H25N3O2S. The number of amides is 2. The molecule has 0 fully saturated rings. The highest BCUT2D eigenvalue weighted by molar-refractivity contribution is 7.17. The molecule has 2 amide bonds. The normalized spacial score (nSPS) is 13.7. The lowest BCUT2D eigenvalue weighted by Gasteiger charge is -2.11. The predicted molar refractivity (Wildman–Crippen MR) is 134 cm³/mol. The van der Waals surface area contributed by atoms with Crippen molar-refractivity contribution in [1.82, 2.24) is 4.98 Å². The van der Waals surface area contributed by atoms with Crippen LogP contribution in [0.4, 0.5) is 5.00 Å². The Morgan fingerprint density at radius 3 is 2.42 bits per heavy atom. The van der Waals surface area contributed by atoms with Crippen molar-refractivity contribution in [2.75, 3.05) is 5.32 Å². The largest absolute Gasteiger partial charge is 0.365 e. The fourth-order valence-corrected chi connectivity index (χ4v) is 5.85. The monoisotopic (exact) mass is 455 g/mol. The first-order valence-corrected chi connectivity index (χ1v) is 12.1. The highest BCUT2D eigenvalue weighted by atomic mass is 32.1. The third-order valence-corrected chi connectivity index (χ3v) is 7.38. The number of pyridine rings is 1. The van der Waals surface area contributed by atoms with Gasteiger partial charge in [0.05, 0.1) is 22.3 Å². The number of rotatable bonds is 4. The van der Waals surface area contributed by atoms with E-state index in [9.17, 15) is 9.59 Å². The average Bonchev–Trinajstić information content (AvgIpc) is 3.14. The van der Waals surface area contributed by atoms with Gasteiger partial charge in [-0.3, -0.25) is 9.59 Å². The number of nitrogens with two attached hydrogens (primary N) is 1. The number of nitrogens with zero attached hydrogens (tertiary/aromatic N) is 1. The van der Waals surface area contributed by atoms with E-state index < -0.39 is 5.91 Å². The first-order valence-electron chi connectivity index (χ1n) is 11.3. The van der Waals surface area contributed by atoms with Crippen molar-refractivity contribution in [3.63, 3.8) is 0 Å². The van der Waals surface area contributed by atoms with E-state index in [1.165, 1.54) is 22.6 Å². The number of thiophene rings is 1. The van der Waals surface area contributed by atoms with Crippen LogP contribution in [-0.4, -0.2) is 16.8 Å². The zero-order chi connectivity index (χ0) is 22.8. The summed E-state index contributed by atoms with van der Waals surface area (Å²) in [4.78, 5) is 31.9. The van der Waals surface area contributed by atoms with Gasteiger partial charge < -0.3 is 11.1 Å². The molecule has 0 radical (unpaired) electrons. The fourth-order valence-electron chi connectivity index (χ4n) is 4.56. The molecule has 2 heterocycles. The van der Waals surface area contributed by atoms with Crippen LogP contribution in [0, 0.1) is 0 Å². The summed E-state index contributed by atoms with van der Waals surface area (Å²) in [5.74, 6) is -0.740. The number of fused-ring (bicyclic) bond motifs is 2. The molecule has 2 aromatic heterocycles. The Bertz CT molecular complexity index is 1340. The maximum atomic E-state index is 13.6. The van der Waals surface area contributed by atoms with Crippen LogP contribution < -0.4 is 11.1 Å². The molecule has 5 nitrogen and oxygen atoms in total. The second kappa shape index (κ2) is 9.16. The molecule has 0 aliphatic heterocycles. The highest BCUT2D eigenvalue weighted by Gasteiger charge is 2.25. The van der Waals surface area contributed by atoms with Crippen molar-refractivity contribution < 1.29 is 9.59 Å². The van der Waals surface area contributed by atoms with Gasteiger partial charge in [-0.15, -0.1) is 11.3 Å². The summed E-state index contributed by atoms with van der Waals surface area (Å²) in [6.45, 7) is 0. The predicted octanol–water partition coefficient (Wildman–Crippen LogP) is 5.97. The molecule has 0 unspecified atom stereocenters. The van der Waals surface area contributed by atoms with Crippen LogP contribution in [0.15, 0.2) is 60.7 Å². The fraction of sp³-hybridized carbons (Fsp3) is 0.222. The molecular weight excluding hydrogens is 430 g/mol. The van der Waals surface area contributed by atoms with Gasteiger partial charge in [-0.2, -0.15) is 0 Å². The average molecular weight is 456 g/mol. The van der Waals surface area contributed by atoms with Crippen molar-refractivity contribution in [3.05, 3.63) is 82.2 Å². The van der Waals surface area contributed by atoms with Gasteiger partial charge in [-0.05, 0) is 43.4 Å². The number of benzene rings is 2. The summed E-state index contributed by atoms with van der Waals surface area (Å²) in [5.41, 5.74) is 10.2. The number of nitrogens with one attached hydrogen (secondary N) is 1. The molecule has 4 aromatic rings. The second-order valence-corrected chi connectivity index (χ2v) is 9.48. The zero-order valence-corrected chi connectivity index (χ0v) is 19.1. The van der Waals surface area contributed by atoms with Crippen molar-refractivity contribution in [3.8, 4) is 11.3 Å². The molecule has 166 valence electrons. The van der Waals surface area contributed by atoms with Crippen LogP contribution in [-0.2, 0) is 12.8 Å². The number of anilines is 1. The SMILES string of the molecule is NC(=O)c1c(NC(=O)c2cc(-c3ccccc3)nc3ccccc23)sc2c1CCCCCC2. The maximum Gasteiger partial charge on any atom is 0.257 e. The Morgan fingerprint density at radius 2 is 1.64 bits per heavy atom. The molecule has 1 aliphatic rings. The first-order chi connectivity index (χ1) is 16.1. The number of aromatic nitrogens is 1. The van der Waals surface area contributed by atoms with Gasteiger partial charge in [0, 0.05) is 15.8 Å². The van der Waals surface area contributed by atoms with E-state index in [0.29, 0.717) is 16.1 Å². The summed E-state index contributed by atoms with van der Waals surface area (Å²) in [6.07, 6.45) is 6.22. The van der Waals surface area contributed by atoms with E-state index in [2.05, 4.69) is 5.32 Å². The van der Waals surface area contributed by atoms with E-state index in [0.717, 1.165) is 59.8 Å². The molecule has 0 atom stereocenters. The molecule has 5 rings (SSSR count). The Balaban J connectivity index is 1.58. The van der Waals surface area contributed by atoms with Crippen LogP contribution in [0.3, 0.4) is 0 Å². The van der Waals surface area contributed by atoms with E-state index in [1.807, 2.05) is 60.7 Å². The van der Waals surface area contributed by atoms with Gasteiger partial charge in [0.2, 0.25) is 0 Å². The van der Waals surface area contributed by atoms with E-state index in [1.54, 1.807) is 0 Å². The van der Waals surface area contributed by atoms with Crippen LogP contribution in [0.25, 0.3) is 22.2 Å². The molecule has 0 spiro atoms. The molecule has 3 N–H and O–H groups in total. The lowest BCUT2D eigenvalue weighted by molar-refractivity contribution is 0.100. The van der Waals surface area contributed by atoms with E-state index in [4.69, 9.17) is 10.7 Å². The molecule has 33 heavy (non-hydrogen) atoms. The van der Waals surface area contributed by atoms with Crippen molar-refractivity contribution in [1.29, 1.82) is 0 Å². The number of hydrogen-bond acceptors (Lipinski definition) is 4. The standard InChI is InChI=1S/C27H25N3O2S/c28-25(31)24-19-13-6-1-2-7-15-23(19)33-27(24)30-26(32)20-16-22(17-10-4-3-5-11-17)29-21-14-9-8-12-18(20)21/h3-5,8-12,14,16H,1-2,6-7,13,15H2,(H2,28,31)(H,30,32). The summed E-state index contributed by atoms with van der Waals surface area (Å²) in [7, 11) is 0. The van der Waals surface area contributed by atoms with Crippen LogP contribution in [0.1, 0.15) is 56.8 Å². The van der Waals surface area contributed by atoms with Gasteiger partial charge >= 0.3 is 0 Å². The summed E-state index contributed by atoms with van der Waals surface area (Å²) < 4.78 is 0. The molecule has 2 aromatic carbocycles. The minimum absolute atomic E-state index is 0.262. The summed E-state index contributed by atoms with van der Waals surface area (Å²) in [5, 5.41) is 4.35. The van der Waals surface area contributed by atoms with Crippen LogP contribution >= 0.6 is 11.3 Å². The van der Waals surface area contributed by atoms with Gasteiger partial charge in [0.1, 0.15) is 5.00 Å². The number of primary amides is 1. The third kappa shape index (κ3) is 4.26. The van der Waals surface area contributed by atoms with Crippen molar-refractivity contribution in [2.24, 2.45) is 5.73 Å². The molecule has 1 aliphatic carbocycles. The Labute approximate surface area is 196 Å². The zero-order valence-electron chi connectivity index (χ0n) is 18.3. The smallest absolute Gasteiger partial charge is 0.257 e.